The molecule has 49 heavy (non-hydrogen) atoms. The van der Waals surface area contributed by atoms with Crippen LogP contribution in [-0.4, -0.2) is 72.5 Å². The van der Waals surface area contributed by atoms with Crippen LogP contribution >= 0.6 is 11.3 Å². The van der Waals surface area contributed by atoms with E-state index in [0.29, 0.717) is 53.0 Å². The number of carbonyl (C=O) groups is 2. The lowest BCUT2D eigenvalue weighted by atomic mass is 10.0. The molecule has 1 unspecified atom stereocenters. The molecule has 254 valence electrons. The number of ether oxygens (including phenoxy) is 1. The summed E-state index contributed by atoms with van der Waals surface area (Å²) in [6, 6.07) is 11.4. The first-order chi connectivity index (χ1) is 23.7. The lowest BCUT2D eigenvalue weighted by Gasteiger charge is -2.31. The average Bonchev–Trinajstić information content (AvgIpc) is 3.92. The van der Waals surface area contributed by atoms with Crippen molar-refractivity contribution in [1.82, 2.24) is 45.4 Å². The van der Waals surface area contributed by atoms with Crippen LogP contribution in [0.25, 0.3) is 15.3 Å². The van der Waals surface area contributed by atoms with E-state index < -0.39 is 0 Å². The van der Waals surface area contributed by atoms with E-state index in [1.54, 1.807) is 39.9 Å². The van der Waals surface area contributed by atoms with Crippen molar-refractivity contribution in [2.24, 2.45) is 0 Å². The number of hydrogen-bond donors (Lipinski definition) is 3. The SMILES string of the molecule is CC1NC=C(C(=O)NCCN2CCCC2(C)C)C=C1NC(=O)c1cnn2cc(-c3cnn(Cc4cc(OCc5ccccc5)no4)c3)sc12. The van der Waals surface area contributed by atoms with E-state index in [4.69, 9.17) is 9.26 Å². The number of rotatable bonds is 12. The summed E-state index contributed by atoms with van der Waals surface area (Å²) in [5.74, 6) is 0.547. The van der Waals surface area contributed by atoms with Gasteiger partial charge in [0.25, 0.3) is 17.7 Å². The minimum Gasteiger partial charge on any atom is -0.471 e. The van der Waals surface area contributed by atoms with E-state index >= 15 is 0 Å². The lowest BCUT2D eigenvalue weighted by molar-refractivity contribution is -0.117. The van der Waals surface area contributed by atoms with Gasteiger partial charge in [0.2, 0.25) is 0 Å². The highest BCUT2D eigenvalue weighted by molar-refractivity contribution is 7.21. The number of nitrogens with zero attached hydrogens (tertiary/aromatic N) is 6. The molecule has 13 nitrogen and oxygen atoms in total. The van der Waals surface area contributed by atoms with Gasteiger partial charge in [-0.1, -0.05) is 30.3 Å². The Balaban J connectivity index is 0.962. The monoisotopic (exact) mass is 681 g/mol. The molecule has 0 aliphatic carbocycles. The summed E-state index contributed by atoms with van der Waals surface area (Å²) in [5.41, 5.74) is 3.60. The molecule has 0 saturated carbocycles. The first-order valence-electron chi connectivity index (χ1n) is 16.4. The van der Waals surface area contributed by atoms with Crippen LogP contribution in [0.1, 0.15) is 55.3 Å². The minimum absolute atomic E-state index is 0.163. The van der Waals surface area contributed by atoms with Gasteiger partial charge in [0.05, 0.1) is 34.4 Å². The Morgan fingerprint density at radius 3 is 2.82 bits per heavy atom. The van der Waals surface area contributed by atoms with E-state index in [-0.39, 0.29) is 23.4 Å². The van der Waals surface area contributed by atoms with E-state index in [2.05, 4.69) is 50.1 Å². The van der Waals surface area contributed by atoms with Gasteiger partial charge in [-0.15, -0.1) is 11.3 Å². The molecule has 6 heterocycles. The van der Waals surface area contributed by atoms with Gasteiger partial charge in [-0.25, -0.2) is 4.52 Å². The maximum absolute atomic E-state index is 13.5. The van der Waals surface area contributed by atoms with Crippen LogP contribution in [0.15, 0.2) is 89.3 Å². The molecule has 3 N–H and O–H groups in total. The molecule has 1 saturated heterocycles. The summed E-state index contributed by atoms with van der Waals surface area (Å²) in [7, 11) is 0. The number of nitrogens with one attached hydrogen (secondary N) is 3. The number of thiazole rings is 1. The van der Waals surface area contributed by atoms with E-state index in [1.807, 2.05) is 49.6 Å². The molecule has 4 aromatic heterocycles. The number of hydrogen-bond acceptors (Lipinski definition) is 10. The van der Waals surface area contributed by atoms with Gasteiger partial charge in [0.15, 0.2) is 5.76 Å². The standard InChI is InChI=1S/C35H39N9O4S/c1-23-29(14-25(16-37-23)32(45)36-11-13-42-12-7-10-35(42,2)3)40-33(46)28-18-39-44-21-30(49-34(28)44)26-17-38-43(19-26)20-27-15-31(41-48-27)47-22-24-8-5-4-6-9-24/h4-6,8-9,14-19,21,23,37H,7,10-13,20,22H2,1-3H3,(H,36,45)(H,40,46). The number of benzene rings is 1. The van der Waals surface area contributed by atoms with Crippen LogP contribution in [-0.2, 0) is 17.9 Å². The van der Waals surface area contributed by atoms with Crippen molar-refractivity contribution in [1.29, 1.82) is 0 Å². The Morgan fingerprint density at radius 1 is 1.14 bits per heavy atom. The summed E-state index contributed by atoms with van der Waals surface area (Å²) in [4.78, 5) is 30.5. The van der Waals surface area contributed by atoms with E-state index in [0.717, 1.165) is 29.1 Å². The van der Waals surface area contributed by atoms with Crippen LogP contribution in [0.2, 0.25) is 0 Å². The molecular formula is C35H39N9O4S. The predicted octanol–water partition coefficient (Wildman–Crippen LogP) is 4.35. The fraction of sp³-hybridized carbons (Fsp3) is 0.343. The first-order valence-corrected chi connectivity index (χ1v) is 17.2. The van der Waals surface area contributed by atoms with Crippen molar-refractivity contribution >= 4 is 28.0 Å². The number of likely N-dealkylation sites (tertiary alicyclic amines) is 1. The van der Waals surface area contributed by atoms with E-state index in [9.17, 15) is 9.59 Å². The number of fused-ring (bicyclic) bond motifs is 1. The summed E-state index contributed by atoms with van der Waals surface area (Å²) < 4.78 is 14.6. The number of dihydropyridines is 1. The van der Waals surface area contributed by atoms with Crippen molar-refractivity contribution in [3.05, 3.63) is 102 Å². The molecule has 0 radical (unpaired) electrons. The van der Waals surface area contributed by atoms with Gasteiger partial charge < -0.3 is 25.2 Å². The molecular weight excluding hydrogens is 643 g/mol. The number of carbonyl (C=O) groups excluding carboxylic acids is 2. The van der Waals surface area contributed by atoms with Crippen LogP contribution < -0.4 is 20.7 Å². The first kappa shape index (κ1) is 32.3. The highest BCUT2D eigenvalue weighted by Crippen LogP contribution is 2.31. The molecule has 1 atom stereocenters. The molecule has 0 bridgehead atoms. The van der Waals surface area contributed by atoms with Crippen molar-refractivity contribution in [2.45, 2.75) is 58.3 Å². The smallest absolute Gasteiger partial charge is 0.260 e. The maximum atomic E-state index is 13.5. The van der Waals surface area contributed by atoms with Gasteiger partial charge in [-0.2, -0.15) is 10.2 Å². The van der Waals surface area contributed by atoms with Crippen LogP contribution in [0.3, 0.4) is 0 Å². The Bertz CT molecular complexity index is 2020. The third-order valence-corrected chi connectivity index (χ3v) is 10.1. The Labute approximate surface area is 287 Å². The summed E-state index contributed by atoms with van der Waals surface area (Å²) in [6.45, 7) is 9.61. The summed E-state index contributed by atoms with van der Waals surface area (Å²) >= 11 is 1.44. The number of aromatic nitrogens is 5. The third-order valence-electron chi connectivity index (χ3n) is 8.97. The molecule has 2 amide bonds. The fourth-order valence-electron chi connectivity index (χ4n) is 6.08. The molecule has 2 aliphatic rings. The molecule has 14 heteroatoms. The Hall–Kier alpha value is -5.21. The van der Waals surface area contributed by atoms with Gasteiger partial charge in [0.1, 0.15) is 18.0 Å². The number of amides is 2. The normalized spacial score (nSPS) is 17.4. The highest BCUT2D eigenvalue weighted by Gasteiger charge is 2.31. The highest BCUT2D eigenvalue weighted by atomic mass is 32.1. The predicted molar refractivity (Wildman–Crippen MR) is 185 cm³/mol. The third kappa shape index (κ3) is 7.29. The van der Waals surface area contributed by atoms with Crippen LogP contribution in [0.5, 0.6) is 5.88 Å². The topological polar surface area (TPSA) is 144 Å². The molecule has 1 aromatic carbocycles. The zero-order chi connectivity index (χ0) is 34.0. The van der Waals surface area contributed by atoms with Crippen molar-refractivity contribution in [3.63, 3.8) is 0 Å². The van der Waals surface area contributed by atoms with Gasteiger partial charge >= 0.3 is 0 Å². The van der Waals surface area contributed by atoms with Gasteiger partial charge in [0, 0.05) is 54.5 Å². The van der Waals surface area contributed by atoms with Gasteiger partial charge in [-0.05, 0) is 57.0 Å². The lowest BCUT2D eigenvalue weighted by Crippen LogP contribution is -2.43. The molecule has 2 aliphatic heterocycles. The largest absolute Gasteiger partial charge is 0.471 e. The molecule has 5 aromatic rings. The maximum Gasteiger partial charge on any atom is 0.260 e. The average molecular weight is 682 g/mol. The van der Waals surface area contributed by atoms with Crippen molar-refractivity contribution in [3.8, 4) is 16.3 Å². The van der Waals surface area contributed by atoms with E-state index in [1.165, 1.54) is 24.2 Å². The fourth-order valence-corrected chi connectivity index (χ4v) is 7.11. The second-order valence-corrected chi connectivity index (χ2v) is 14.0. The van der Waals surface area contributed by atoms with Crippen molar-refractivity contribution < 1.29 is 18.8 Å². The summed E-state index contributed by atoms with van der Waals surface area (Å²) in [5, 5.41) is 22.1. The quantitative estimate of drug-likeness (QED) is 0.175. The second kappa shape index (κ2) is 13.7. The second-order valence-electron chi connectivity index (χ2n) is 12.9. The molecule has 0 spiro atoms. The zero-order valence-electron chi connectivity index (χ0n) is 27.7. The van der Waals surface area contributed by atoms with Crippen LogP contribution in [0, 0.1) is 0 Å². The minimum atomic E-state index is -0.299. The van der Waals surface area contributed by atoms with Crippen LogP contribution in [0.4, 0.5) is 0 Å². The Morgan fingerprint density at radius 2 is 2.00 bits per heavy atom. The Kier molecular flexibility index (Phi) is 9.06. The summed E-state index contributed by atoms with van der Waals surface area (Å²) in [6.07, 6.45) is 12.9. The molecule has 7 rings (SSSR count). The molecule has 1 fully saturated rings. The van der Waals surface area contributed by atoms with Crippen molar-refractivity contribution in [2.75, 3.05) is 19.6 Å². The van der Waals surface area contributed by atoms with Gasteiger partial charge in [-0.3, -0.25) is 19.2 Å². The zero-order valence-corrected chi connectivity index (χ0v) is 28.5.